The van der Waals surface area contributed by atoms with E-state index >= 15 is 0 Å². The standard InChI is InChI=1S/C16H17N3O4/c1-19(16-17-8-5-9-18-16)10-15(21)23-11-13(20)12-6-3-4-7-14(12)22-2/h3-9H,10-11H2,1-2H3. The van der Waals surface area contributed by atoms with E-state index in [1.54, 1.807) is 49.8 Å². The van der Waals surface area contributed by atoms with Crippen LogP contribution in [0.2, 0.25) is 0 Å². The first-order valence-corrected chi connectivity index (χ1v) is 6.92. The Labute approximate surface area is 133 Å². The van der Waals surface area contributed by atoms with Gasteiger partial charge in [-0.05, 0) is 18.2 Å². The predicted molar refractivity (Wildman–Crippen MR) is 83.6 cm³/mol. The lowest BCUT2D eigenvalue weighted by Gasteiger charge is -2.15. The highest BCUT2D eigenvalue weighted by molar-refractivity contribution is 6.00. The number of aromatic nitrogens is 2. The highest BCUT2D eigenvalue weighted by Crippen LogP contribution is 2.17. The summed E-state index contributed by atoms with van der Waals surface area (Å²) < 4.78 is 10.1. The molecule has 120 valence electrons. The average molecular weight is 315 g/mol. The Kier molecular flexibility index (Phi) is 5.62. The Morgan fingerprint density at radius 3 is 2.52 bits per heavy atom. The summed E-state index contributed by atoms with van der Waals surface area (Å²) in [5.41, 5.74) is 0.377. The second kappa shape index (κ2) is 7.88. The summed E-state index contributed by atoms with van der Waals surface area (Å²) in [4.78, 5) is 33.5. The second-order valence-electron chi connectivity index (χ2n) is 4.69. The summed E-state index contributed by atoms with van der Waals surface area (Å²) >= 11 is 0. The van der Waals surface area contributed by atoms with Gasteiger partial charge in [-0.1, -0.05) is 12.1 Å². The van der Waals surface area contributed by atoms with Crippen molar-refractivity contribution in [2.24, 2.45) is 0 Å². The number of ketones is 1. The van der Waals surface area contributed by atoms with Crippen molar-refractivity contribution >= 4 is 17.7 Å². The van der Waals surface area contributed by atoms with E-state index in [4.69, 9.17) is 9.47 Å². The van der Waals surface area contributed by atoms with Crippen LogP contribution in [0.3, 0.4) is 0 Å². The Hall–Kier alpha value is -2.96. The van der Waals surface area contributed by atoms with Gasteiger partial charge < -0.3 is 14.4 Å². The molecule has 7 heteroatoms. The zero-order valence-electron chi connectivity index (χ0n) is 12.9. The molecule has 0 aliphatic carbocycles. The molecule has 0 aliphatic rings. The van der Waals surface area contributed by atoms with Crippen LogP contribution in [-0.4, -0.2) is 49.0 Å². The van der Waals surface area contributed by atoms with Crippen molar-refractivity contribution in [1.82, 2.24) is 9.97 Å². The lowest BCUT2D eigenvalue weighted by molar-refractivity contribution is -0.140. The maximum Gasteiger partial charge on any atom is 0.326 e. The number of hydrogen-bond acceptors (Lipinski definition) is 7. The van der Waals surface area contributed by atoms with Crippen molar-refractivity contribution < 1.29 is 19.1 Å². The van der Waals surface area contributed by atoms with Crippen LogP contribution >= 0.6 is 0 Å². The number of carbonyl (C=O) groups excluding carboxylic acids is 2. The van der Waals surface area contributed by atoms with Gasteiger partial charge in [0.1, 0.15) is 12.3 Å². The number of esters is 1. The van der Waals surface area contributed by atoms with Gasteiger partial charge in [0.05, 0.1) is 12.7 Å². The Morgan fingerprint density at radius 1 is 1.13 bits per heavy atom. The van der Waals surface area contributed by atoms with Crippen LogP contribution in [0.4, 0.5) is 5.95 Å². The third-order valence-corrected chi connectivity index (χ3v) is 3.03. The molecule has 0 bridgehead atoms. The minimum Gasteiger partial charge on any atom is -0.496 e. The molecule has 1 aromatic carbocycles. The molecule has 0 saturated heterocycles. The third-order valence-electron chi connectivity index (χ3n) is 3.03. The number of para-hydroxylation sites is 1. The van der Waals surface area contributed by atoms with Gasteiger partial charge in [-0.25, -0.2) is 9.97 Å². The highest BCUT2D eigenvalue weighted by Gasteiger charge is 2.15. The molecule has 1 heterocycles. The monoisotopic (exact) mass is 315 g/mol. The molecule has 0 amide bonds. The molecule has 0 atom stereocenters. The smallest absolute Gasteiger partial charge is 0.326 e. The van der Waals surface area contributed by atoms with Crippen molar-refractivity contribution in [2.45, 2.75) is 0 Å². The number of likely N-dealkylation sites (N-methyl/N-ethyl adjacent to an activating group) is 1. The van der Waals surface area contributed by atoms with E-state index in [-0.39, 0.29) is 18.9 Å². The van der Waals surface area contributed by atoms with Gasteiger partial charge in [0, 0.05) is 19.4 Å². The van der Waals surface area contributed by atoms with Crippen molar-refractivity contribution in [3.63, 3.8) is 0 Å². The molecule has 2 rings (SSSR count). The maximum absolute atomic E-state index is 12.1. The Morgan fingerprint density at radius 2 is 1.83 bits per heavy atom. The molecule has 23 heavy (non-hydrogen) atoms. The fourth-order valence-corrected chi connectivity index (χ4v) is 1.90. The molecule has 7 nitrogen and oxygen atoms in total. The summed E-state index contributed by atoms with van der Waals surface area (Å²) in [6.07, 6.45) is 3.16. The molecule has 0 saturated carbocycles. The van der Waals surface area contributed by atoms with Crippen molar-refractivity contribution in [2.75, 3.05) is 32.2 Å². The number of methoxy groups -OCH3 is 1. The van der Waals surface area contributed by atoms with Gasteiger partial charge in [-0.15, -0.1) is 0 Å². The second-order valence-corrected chi connectivity index (χ2v) is 4.69. The van der Waals surface area contributed by atoms with Gasteiger partial charge >= 0.3 is 5.97 Å². The lowest BCUT2D eigenvalue weighted by Crippen LogP contribution is -2.29. The number of hydrogen-bond donors (Lipinski definition) is 0. The molecular formula is C16H17N3O4. The van der Waals surface area contributed by atoms with E-state index in [0.29, 0.717) is 17.3 Å². The number of ether oxygens (including phenoxy) is 2. The van der Waals surface area contributed by atoms with E-state index < -0.39 is 5.97 Å². The van der Waals surface area contributed by atoms with Gasteiger partial charge in [0.2, 0.25) is 11.7 Å². The van der Waals surface area contributed by atoms with Crippen LogP contribution < -0.4 is 9.64 Å². The van der Waals surface area contributed by atoms with Gasteiger partial charge in [0.15, 0.2) is 6.61 Å². The van der Waals surface area contributed by atoms with Gasteiger partial charge in [0.25, 0.3) is 0 Å². The number of carbonyl (C=O) groups is 2. The van der Waals surface area contributed by atoms with Crippen LogP contribution in [0.5, 0.6) is 5.75 Å². The van der Waals surface area contributed by atoms with E-state index in [2.05, 4.69) is 9.97 Å². The average Bonchev–Trinajstić information content (AvgIpc) is 2.60. The van der Waals surface area contributed by atoms with Gasteiger partial charge in [-0.2, -0.15) is 0 Å². The number of rotatable bonds is 7. The fourth-order valence-electron chi connectivity index (χ4n) is 1.90. The minimum absolute atomic E-state index is 0.0524. The van der Waals surface area contributed by atoms with E-state index in [1.165, 1.54) is 12.0 Å². The largest absolute Gasteiger partial charge is 0.496 e. The van der Waals surface area contributed by atoms with E-state index in [1.807, 2.05) is 0 Å². The molecule has 0 N–H and O–H groups in total. The highest BCUT2D eigenvalue weighted by atomic mass is 16.5. The summed E-state index contributed by atoms with van der Waals surface area (Å²) in [7, 11) is 3.14. The molecule has 1 aromatic heterocycles. The third kappa shape index (κ3) is 4.50. The number of benzene rings is 1. The number of anilines is 1. The zero-order chi connectivity index (χ0) is 16.7. The molecule has 0 unspecified atom stereocenters. The fraction of sp³-hybridized carbons (Fsp3) is 0.250. The zero-order valence-corrected chi connectivity index (χ0v) is 12.9. The summed E-state index contributed by atoms with van der Waals surface area (Å²) in [5, 5.41) is 0. The number of nitrogens with zero attached hydrogens (tertiary/aromatic N) is 3. The normalized spacial score (nSPS) is 10.0. The Balaban J connectivity index is 1.88. The van der Waals surface area contributed by atoms with Crippen LogP contribution in [0.1, 0.15) is 10.4 Å². The minimum atomic E-state index is -0.539. The maximum atomic E-state index is 12.1. The molecule has 0 spiro atoms. The van der Waals surface area contributed by atoms with Crippen molar-refractivity contribution in [1.29, 1.82) is 0 Å². The van der Waals surface area contributed by atoms with Gasteiger partial charge in [-0.3, -0.25) is 9.59 Å². The first-order valence-electron chi connectivity index (χ1n) is 6.92. The van der Waals surface area contributed by atoms with Crippen LogP contribution in [-0.2, 0) is 9.53 Å². The lowest BCUT2D eigenvalue weighted by atomic mass is 10.1. The predicted octanol–water partition coefficient (Wildman–Crippen LogP) is 1.35. The summed E-state index contributed by atoms with van der Waals surface area (Å²) in [6, 6.07) is 8.46. The first-order chi connectivity index (χ1) is 11.1. The SMILES string of the molecule is COc1ccccc1C(=O)COC(=O)CN(C)c1ncccn1. The molecule has 0 fully saturated rings. The number of Topliss-reactive ketones (excluding diaryl/α,β-unsaturated/α-hetero) is 1. The topological polar surface area (TPSA) is 81.6 Å². The summed E-state index contributed by atoms with van der Waals surface area (Å²) in [6.45, 7) is -0.397. The van der Waals surface area contributed by atoms with Crippen LogP contribution in [0.15, 0.2) is 42.7 Å². The molecule has 0 aliphatic heterocycles. The molecule has 2 aromatic rings. The van der Waals surface area contributed by atoms with E-state index in [0.717, 1.165) is 0 Å². The first kappa shape index (κ1) is 16.4. The van der Waals surface area contributed by atoms with Crippen molar-refractivity contribution in [3.05, 3.63) is 48.3 Å². The molecular weight excluding hydrogens is 298 g/mol. The van der Waals surface area contributed by atoms with Crippen molar-refractivity contribution in [3.8, 4) is 5.75 Å². The Bertz CT molecular complexity index is 676. The van der Waals surface area contributed by atoms with Crippen LogP contribution in [0, 0.1) is 0 Å². The molecule has 0 radical (unpaired) electrons. The van der Waals surface area contributed by atoms with E-state index in [9.17, 15) is 9.59 Å². The summed E-state index contributed by atoms with van der Waals surface area (Å²) in [5.74, 6) is -0.0125. The van der Waals surface area contributed by atoms with Crippen LogP contribution in [0.25, 0.3) is 0 Å². The quantitative estimate of drug-likeness (QED) is 0.563.